The predicted molar refractivity (Wildman–Crippen MR) is 65.6 cm³/mol. The lowest BCUT2D eigenvalue weighted by molar-refractivity contribution is 0.537. The topological polar surface area (TPSA) is 63.8 Å². The van der Waals surface area contributed by atoms with Crippen molar-refractivity contribution in [2.45, 2.75) is 39.7 Å². The standard InChI is InChI=1S/C12H20N4/c1-5-8(2)6-12(14-13)11-7-9(3)15-16-10(11)4/h7,12,14H,2,5-6,13H2,1,3-4H3. The molecule has 3 N–H and O–H groups in total. The summed E-state index contributed by atoms with van der Waals surface area (Å²) in [6.07, 6.45) is 1.80. The Hall–Kier alpha value is -1.26. The Labute approximate surface area is 96.9 Å². The Morgan fingerprint density at radius 2 is 2.19 bits per heavy atom. The van der Waals surface area contributed by atoms with Crippen LogP contribution in [0.25, 0.3) is 0 Å². The number of aromatic nitrogens is 2. The van der Waals surface area contributed by atoms with E-state index in [9.17, 15) is 0 Å². The van der Waals surface area contributed by atoms with Crippen LogP contribution in [0.5, 0.6) is 0 Å². The van der Waals surface area contributed by atoms with Crippen molar-refractivity contribution in [3.8, 4) is 0 Å². The molecule has 4 nitrogen and oxygen atoms in total. The summed E-state index contributed by atoms with van der Waals surface area (Å²) < 4.78 is 0. The van der Waals surface area contributed by atoms with Gasteiger partial charge >= 0.3 is 0 Å². The maximum absolute atomic E-state index is 5.59. The molecular formula is C12H20N4. The first-order valence-corrected chi connectivity index (χ1v) is 5.52. The van der Waals surface area contributed by atoms with Crippen LogP contribution in [-0.2, 0) is 0 Å². The molecule has 1 atom stereocenters. The van der Waals surface area contributed by atoms with Crippen molar-refractivity contribution < 1.29 is 0 Å². The van der Waals surface area contributed by atoms with Gasteiger partial charge in [0.05, 0.1) is 17.4 Å². The minimum atomic E-state index is 0.0710. The third-order valence-electron chi connectivity index (χ3n) is 2.71. The van der Waals surface area contributed by atoms with Crippen LogP contribution >= 0.6 is 0 Å². The fourth-order valence-corrected chi connectivity index (χ4v) is 1.61. The highest BCUT2D eigenvalue weighted by Crippen LogP contribution is 2.23. The van der Waals surface area contributed by atoms with Crippen LogP contribution in [0.1, 0.15) is 42.8 Å². The average molecular weight is 220 g/mol. The Balaban J connectivity index is 2.94. The zero-order chi connectivity index (χ0) is 12.1. The first-order chi connectivity index (χ1) is 7.58. The number of hydrogen-bond acceptors (Lipinski definition) is 4. The van der Waals surface area contributed by atoms with Gasteiger partial charge in [0.25, 0.3) is 0 Å². The molecule has 16 heavy (non-hydrogen) atoms. The van der Waals surface area contributed by atoms with Crippen molar-refractivity contribution >= 4 is 0 Å². The molecule has 0 radical (unpaired) electrons. The number of nitrogens with one attached hydrogen (secondary N) is 1. The minimum Gasteiger partial charge on any atom is -0.271 e. The lowest BCUT2D eigenvalue weighted by Crippen LogP contribution is -2.29. The summed E-state index contributed by atoms with van der Waals surface area (Å²) in [7, 11) is 0. The number of rotatable bonds is 5. The van der Waals surface area contributed by atoms with Crippen molar-refractivity contribution in [1.29, 1.82) is 0 Å². The monoisotopic (exact) mass is 220 g/mol. The quantitative estimate of drug-likeness (QED) is 0.452. The van der Waals surface area contributed by atoms with Crippen LogP contribution < -0.4 is 11.3 Å². The van der Waals surface area contributed by atoms with Gasteiger partial charge in [-0.1, -0.05) is 19.1 Å². The molecular weight excluding hydrogens is 200 g/mol. The highest BCUT2D eigenvalue weighted by molar-refractivity contribution is 5.25. The summed E-state index contributed by atoms with van der Waals surface area (Å²) in [6, 6.07) is 2.09. The SMILES string of the molecule is C=C(CC)CC(NN)c1cc(C)nnc1C. The molecule has 0 aliphatic rings. The van der Waals surface area contributed by atoms with Gasteiger partial charge in [0.2, 0.25) is 0 Å². The van der Waals surface area contributed by atoms with Crippen LogP contribution in [0.2, 0.25) is 0 Å². The zero-order valence-electron chi connectivity index (χ0n) is 10.2. The predicted octanol–water partition coefficient (Wildman–Crippen LogP) is 1.95. The van der Waals surface area contributed by atoms with Gasteiger partial charge in [0.15, 0.2) is 0 Å². The van der Waals surface area contributed by atoms with Gasteiger partial charge in [-0.2, -0.15) is 10.2 Å². The third kappa shape index (κ3) is 3.12. The van der Waals surface area contributed by atoms with Gasteiger partial charge in [-0.05, 0) is 38.3 Å². The summed E-state index contributed by atoms with van der Waals surface area (Å²) in [4.78, 5) is 0. The fourth-order valence-electron chi connectivity index (χ4n) is 1.61. The molecule has 0 spiro atoms. The Morgan fingerprint density at radius 1 is 1.50 bits per heavy atom. The second-order valence-electron chi connectivity index (χ2n) is 4.05. The Kier molecular flexibility index (Phi) is 4.58. The molecule has 0 fully saturated rings. The molecule has 0 saturated carbocycles. The maximum atomic E-state index is 5.59. The van der Waals surface area contributed by atoms with E-state index in [0.717, 1.165) is 29.8 Å². The van der Waals surface area contributed by atoms with Crippen LogP contribution in [-0.4, -0.2) is 10.2 Å². The van der Waals surface area contributed by atoms with Gasteiger partial charge < -0.3 is 0 Å². The van der Waals surface area contributed by atoms with E-state index in [1.165, 1.54) is 5.57 Å². The second kappa shape index (κ2) is 5.72. The van der Waals surface area contributed by atoms with Crippen LogP contribution in [0.3, 0.4) is 0 Å². The van der Waals surface area contributed by atoms with E-state index in [1.54, 1.807) is 0 Å². The van der Waals surface area contributed by atoms with Crippen molar-refractivity contribution in [2.75, 3.05) is 0 Å². The largest absolute Gasteiger partial charge is 0.271 e. The normalized spacial score (nSPS) is 12.5. The molecule has 1 rings (SSSR count). The van der Waals surface area contributed by atoms with E-state index >= 15 is 0 Å². The van der Waals surface area contributed by atoms with Gasteiger partial charge in [0.1, 0.15) is 0 Å². The molecule has 88 valence electrons. The highest BCUT2D eigenvalue weighted by atomic mass is 15.2. The van der Waals surface area contributed by atoms with E-state index in [-0.39, 0.29) is 6.04 Å². The lowest BCUT2D eigenvalue weighted by Gasteiger charge is -2.18. The number of hydrogen-bond donors (Lipinski definition) is 2. The number of hydrazine groups is 1. The molecule has 1 aromatic rings. The van der Waals surface area contributed by atoms with Gasteiger partial charge in [-0.3, -0.25) is 11.3 Å². The van der Waals surface area contributed by atoms with Gasteiger partial charge in [0, 0.05) is 0 Å². The highest BCUT2D eigenvalue weighted by Gasteiger charge is 2.14. The molecule has 0 bridgehead atoms. The maximum Gasteiger partial charge on any atom is 0.0648 e. The molecule has 0 saturated heterocycles. The van der Waals surface area contributed by atoms with Crippen molar-refractivity contribution in [3.63, 3.8) is 0 Å². The molecule has 4 heteroatoms. The molecule has 1 heterocycles. The van der Waals surface area contributed by atoms with E-state index < -0.39 is 0 Å². The summed E-state index contributed by atoms with van der Waals surface area (Å²) >= 11 is 0. The van der Waals surface area contributed by atoms with Crippen LogP contribution in [0.15, 0.2) is 18.2 Å². The summed E-state index contributed by atoms with van der Waals surface area (Å²) in [5.74, 6) is 5.59. The van der Waals surface area contributed by atoms with E-state index in [0.29, 0.717) is 0 Å². The Morgan fingerprint density at radius 3 is 2.75 bits per heavy atom. The van der Waals surface area contributed by atoms with E-state index in [1.807, 2.05) is 19.9 Å². The molecule has 0 aliphatic heterocycles. The zero-order valence-corrected chi connectivity index (χ0v) is 10.2. The van der Waals surface area contributed by atoms with Crippen molar-refractivity contribution in [2.24, 2.45) is 5.84 Å². The molecule has 1 aromatic heterocycles. The first kappa shape index (κ1) is 12.8. The van der Waals surface area contributed by atoms with E-state index in [4.69, 9.17) is 5.84 Å². The van der Waals surface area contributed by atoms with Gasteiger partial charge in [-0.25, -0.2) is 0 Å². The van der Waals surface area contributed by atoms with Crippen LogP contribution in [0, 0.1) is 13.8 Å². The summed E-state index contributed by atoms with van der Waals surface area (Å²) in [5.41, 5.74) is 6.92. The summed E-state index contributed by atoms with van der Waals surface area (Å²) in [5, 5.41) is 8.12. The molecule has 1 unspecified atom stereocenters. The fraction of sp³-hybridized carbons (Fsp3) is 0.500. The van der Waals surface area contributed by atoms with Crippen molar-refractivity contribution in [3.05, 3.63) is 35.2 Å². The molecule has 0 amide bonds. The number of nitrogens with two attached hydrogens (primary N) is 1. The second-order valence-corrected chi connectivity index (χ2v) is 4.05. The van der Waals surface area contributed by atoms with Crippen LogP contribution in [0.4, 0.5) is 0 Å². The average Bonchev–Trinajstić information content (AvgIpc) is 2.29. The van der Waals surface area contributed by atoms with E-state index in [2.05, 4.69) is 29.1 Å². The molecule has 0 aliphatic carbocycles. The first-order valence-electron chi connectivity index (χ1n) is 5.52. The van der Waals surface area contributed by atoms with Crippen molar-refractivity contribution in [1.82, 2.24) is 15.6 Å². The third-order valence-corrected chi connectivity index (χ3v) is 2.71. The number of nitrogens with zero attached hydrogens (tertiary/aromatic N) is 2. The lowest BCUT2D eigenvalue weighted by atomic mass is 9.98. The number of aryl methyl sites for hydroxylation is 2. The minimum absolute atomic E-state index is 0.0710. The molecule has 0 aromatic carbocycles. The Bertz CT molecular complexity index is 373. The summed E-state index contributed by atoms with van der Waals surface area (Å²) in [6.45, 7) is 9.98. The smallest absolute Gasteiger partial charge is 0.0648 e. The van der Waals surface area contributed by atoms with Gasteiger partial charge in [-0.15, -0.1) is 0 Å².